The lowest BCUT2D eigenvalue weighted by Gasteiger charge is -2.21. The second kappa shape index (κ2) is 13.1. The summed E-state index contributed by atoms with van der Waals surface area (Å²) in [6.07, 6.45) is 13.3. The molecule has 124 valence electrons. The SMILES string of the molecule is CC(O)CCCC=CCC=CCC(OC(C)C)OC(C)C. The molecule has 0 rings (SSSR count). The molecule has 0 radical (unpaired) electrons. The zero-order valence-electron chi connectivity index (χ0n) is 14.4. The number of hydrogen-bond acceptors (Lipinski definition) is 3. The molecule has 0 aliphatic carbocycles. The number of rotatable bonds is 12. The molecular weight excluding hydrogens is 264 g/mol. The van der Waals surface area contributed by atoms with Crippen molar-refractivity contribution in [2.75, 3.05) is 0 Å². The fourth-order valence-corrected chi connectivity index (χ4v) is 1.88. The third-order valence-corrected chi connectivity index (χ3v) is 2.77. The second-order valence-corrected chi connectivity index (χ2v) is 5.99. The highest BCUT2D eigenvalue weighted by Gasteiger charge is 2.11. The van der Waals surface area contributed by atoms with E-state index in [1.165, 1.54) is 0 Å². The molecule has 0 amide bonds. The van der Waals surface area contributed by atoms with Gasteiger partial charge < -0.3 is 14.6 Å². The average molecular weight is 298 g/mol. The van der Waals surface area contributed by atoms with E-state index in [1.807, 2.05) is 34.6 Å². The summed E-state index contributed by atoms with van der Waals surface area (Å²) in [6, 6.07) is 0. The fraction of sp³-hybridized carbons (Fsp3) is 0.778. The van der Waals surface area contributed by atoms with E-state index in [2.05, 4.69) is 24.3 Å². The minimum Gasteiger partial charge on any atom is -0.393 e. The molecule has 0 aromatic carbocycles. The van der Waals surface area contributed by atoms with Crippen molar-refractivity contribution in [3.63, 3.8) is 0 Å². The Morgan fingerprint density at radius 3 is 1.95 bits per heavy atom. The van der Waals surface area contributed by atoms with E-state index in [1.54, 1.807) is 0 Å². The first-order valence-corrected chi connectivity index (χ1v) is 8.20. The standard InChI is InChI=1S/C18H34O3/c1-15(2)20-18(21-16(3)4)14-12-10-8-6-7-9-11-13-17(5)19/h6-7,10,12,15-19H,8-9,11,13-14H2,1-5H3. The first-order valence-electron chi connectivity index (χ1n) is 8.20. The predicted octanol–water partition coefficient (Wildman–Crippen LogP) is 4.61. The van der Waals surface area contributed by atoms with Crippen LogP contribution in [0.25, 0.3) is 0 Å². The highest BCUT2D eigenvalue weighted by atomic mass is 16.7. The summed E-state index contributed by atoms with van der Waals surface area (Å²) in [5.74, 6) is 0. The molecule has 0 aromatic rings. The normalized spacial score (nSPS) is 14.3. The summed E-state index contributed by atoms with van der Waals surface area (Å²) in [5.41, 5.74) is 0. The van der Waals surface area contributed by atoms with E-state index >= 15 is 0 Å². The van der Waals surface area contributed by atoms with Crippen molar-refractivity contribution >= 4 is 0 Å². The van der Waals surface area contributed by atoms with E-state index in [9.17, 15) is 0 Å². The number of hydrogen-bond donors (Lipinski definition) is 1. The van der Waals surface area contributed by atoms with Gasteiger partial charge >= 0.3 is 0 Å². The fourth-order valence-electron chi connectivity index (χ4n) is 1.88. The maximum absolute atomic E-state index is 9.14. The number of ether oxygens (including phenoxy) is 2. The molecule has 0 heterocycles. The molecule has 0 bridgehead atoms. The van der Waals surface area contributed by atoms with Crippen LogP contribution in [-0.2, 0) is 9.47 Å². The minimum absolute atomic E-state index is 0.156. The largest absolute Gasteiger partial charge is 0.393 e. The summed E-state index contributed by atoms with van der Waals surface area (Å²) in [7, 11) is 0. The van der Waals surface area contributed by atoms with Gasteiger partial charge in [-0.2, -0.15) is 0 Å². The van der Waals surface area contributed by atoms with Gasteiger partial charge in [-0.3, -0.25) is 0 Å². The smallest absolute Gasteiger partial charge is 0.161 e. The molecule has 0 saturated carbocycles. The van der Waals surface area contributed by atoms with Crippen molar-refractivity contribution in [1.82, 2.24) is 0 Å². The van der Waals surface area contributed by atoms with Crippen molar-refractivity contribution in [3.8, 4) is 0 Å². The van der Waals surface area contributed by atoms with Crippen LogP contribution >= 0.6 is 0 Å². The molecule has 0 spiro atoms. The second-order valence-electron chi connectivity index (χ2n) is 5.99. The Morgan fingerprint density at radius 2 is 1.43 bits per heavy atom. The van der Waals surface area contributed by atoms with Gasteiger partial charge in [0.1, 0.15) is 0 Å². The van der Waals surface area contributed by atoms with Crippen molar-refractivity contribution < 1.29 is 14.6 Å². The number of aliphatic hydroxyl groups excluding tert-OH is 1. The first kappa shape index (κ1) is 20.4. The molecule has 3 nitrogen and oxygen atoms in total. The van der Waals surface area contributed by atoms with Gasteiger partial charge in [0.25, 0.3) is 0 Å². The first-order chi connectivity index (χ1) is 9.91. The Labute approximate surface area is 131 Å². The molecule has 0 aromatic heterocycles. The number of unbranched alkanes of at least 4 members (excludes halogenated alkanes) is 1. The summed E-state index contributed by atoms with van der Waals surface area (Å²) in [4.78, 5) is 0. The van der Waals surface area contributed by atoms with Crippen LogP contribution in [0.4, 0.5) is 0 Å². The molecular formula is C18H34O3. The lowest BCUT2D eigenvalue weighted by molar-refractivity contribution is -0.178. The van der Waals surface area contributed by atoms with E-state index in [0.717, 1.165) is 32.1 Å². The Bertz CT molecular complexity index is 270. The molecule has 1 unspecified atom stereocenters. The topological polar surface area (TPSA) is 38.7 Å². The lowest BCUT2D eigenvalue weighted by atomic mass is 10.1. The quantitative estimate of drug-likeness (QED) is 0.325. The molecule has 1 N–H and O–H groups in total. The average Bonchev–Trinajstić information content (AvgIpc) is 2.34. The molecule has 0 aliphatic heterocycles. The third kappa shape index (κ3) is 15.6. The van der Waals surface area contributed by atoms with Crippen LogP contribution in [0.15, 0.2) is 24.3 Å². The Balaban J connectivity index is 3.81. The van der Waals surface area contributed by atoms with E-state index in [4.69, 9.17) is 14.6 Å². The van der Waals surface area contributed by atoms with Crippen molar-refractivity contribution in [1.29, 1.82) is 0 Å². The summed E-state index contributed by atoms with van der Waals surface area (Å²) in [6.45, 7) is 9.93. The molecule has 3 heteroatoms. The molecule has 0 aliphatic rings. The van der Waals surface area contributed by atoms with Gasteiger partial charge in [-0.25, -0.2) is 0 Å². The van der Waals surface area contributed by atoms with E-state index in [0.29, 0.717) is 0 Å². The lowest BCUT2D eigenvalue weighted by Crippen LogP contribution is -2.23. The van der Waals surface area contributed by atoms with E-state index < -0.39 is 0 Å². The van der Waals surface area contributed by atoms with Gasteiger partial charge in [0.2, 0.25) is 0 Å². The van der Waals surface area contributed by atoms with Crippen LogP contribution in [0.1, 0.15) is 66.7 Å². The predicted molar refractivity (Wildman–Crippen MR) is 89.3 cm³/mol. The summed E-state index contributed by atoms with van der Waals surface area (Å²) < 4.78 is 11.5. The van der Waals surface area contributed by atoms with Gasteiger partial charge in [-0.05, 0) is 60.3 Å². The number of allylic oxidation sites excluding steroid dienone is 3. The zero-order valence-corrected chi connectivity index (χ0v) is 14.4. The summed E-state index contributed by atoms with van der Waals surface area (Å²) in [5, 5.41) is 9.14. The van der Waals surface area contributed by atoms with Crippen LogP contribution in [-0.4, -0.2) is 29.7 Å². The van der Waals surface area contributed by atoms with Crippen molar-refractivity contribution in [2.45, 2.75) is 91.3 Å². The Kier molecular flexibility index (Phi) is 12.7. The number of aliphatic hydroxyl groups is 1. The monoisotopic (exact) mass is 298 g/mol. The highest BCUT2D eigenvalue weighted by Crippen LogP contribution is 2.09. The maximum Gasteiger partial charge on any atom is 0.161 e. The van der Waals surface area contributed by atoms with Crippen LogP contribution in [0.3, 0.4) is 0 Å². The van der Waals surface area contributed by atoms with Crippen LogP contribution in [0, 0.1) is 0 Å². The molecule has 21 heavy (non-hydrogen) atoms. The van der Waals surface area contributed by atoms with Crippen LogP contribution in [0.5, 0.6) is 0 Å². The van der Waals surface area contributed by atoms with Crippen LogP contribution in [0.2, 0.25) is 0 Å². The zero-order chi connectivity index (χ0) is 16.1. The molecule has 1 atom stereocenters. The van der Waals surface area contributed by atoms with Gasteiger partial charge in [0.15, 0.2) is 6.29 Å². The van der Waals surface area contributed by atoms with Gasteiger partial charge in [-0.1, -0.05) is 24.3 Å². The van der Waals surface area contributed by atoms with Crippen LogP contribution < -0.4 is 0 Å². The minimum atomic E-state index is -0.183. The maximum atomic E-state index is 9.14. The third-order valence-electron chi connectivity index (χ3n) is 2.77. The van der Waals surface area contributed by atoms with Gasteiger partial charge in [-0.15, -0.1) is 0 Å². The van der Waals surface area contributed by atoms with Crippen molar-refractivity contribution in [2.24, 2.45) is 0 Å². The molecule has 0 saturated heterocycles. The Morgan fingerprint density at radius 1 is 0.857 bits per heavy atom. The summed E-state index contributed by atoms with van der Waals surface area (Å²) >= 11 is 0. The van der Waals surface area contributed by atoms with Crippen molar-refractivity contribution in [3.05, 3.63) is 24.3 Å². The Hall–Kier alpha value is -0.640. The highest BCUT2D eigenvalue weighted by molar-refractivity contribution is 4.93. The molecule has 0 fully saturated rings. The van der Waals surface area contributed by atoms with E-state index in [-0.39, 0.29) is 24.6 Å². The van der Waals surface area contributed by atoms with Gasteiger partial charge in [0, 0.05) is 6.42 Å². The van der Waals surface area contributed by atoms with Gasteiger partial charge in [0.05, 0.1) is 18.3 Å².